The fourth-order valence-electron chi connectivity index (χ4n) is 1.87. The standard InChI is InChI=1S/C9H17F2NO/c1-9(6-13)5-12(2)4-3-7(9)8(10)11/h7-8,13H,3-6H2,1-2H3/t7-,9+/m1/s1/i2D3. The number of piperidine rings is 1. The largest absolute Gasteiger partial charge is 0.396 e. The quantitative estimate of drug-likeness (QED) is 0.717. The molecule has 0 aliphatic carbocycles. The number of hydrogen-bond acceptors (Lipinski definition) is 2. The van der Waals surface area contributed by atoms with Crippen molar-refractivity contribution >= 4 is 0 Å². The van der Waals surface area contributed by atoms with Gasteiger partial charge in [0.05, 0.1) is 6.61 Å². The molecule has 0 aromatic rings. The van der Waals surface area contributed by atoms with Crippen molar-refractivity contribution in [3.05, 3.63) is 0 Å². The molecule has 1 heterocycles. The van der Waals surface area contributed by atoms with Gasteiger partial charge in [-0.05, 0) is 19.9 Å². The molecule has 2 atom stereocenters. The number of hydrogen-bond donors (Lipinski definition) is 1. The van der Waals surface area contributed by atoms with E-state index in [1.165, 1.54) is 11.8 Å². The fraction of sp³-hybridized carbons (Fsp3) is 1.00. The van der Waals surface area contributed by atoms with Crippen LogP contribution in [0, 0.1) is 11.3 Å². The lowest BCUT2D eigenvalue weighted by atomic mass is 9.73. The molecule has 78 valence electrons. The van der Waals surface area contributed by atoms with Gasteiger partial charge < -0.3 is 10.0 Å². The summed E-state index contributed by atoms with van der Waals surface area (Å²) in [7, 11) is 0. The van der Waals surface area contributed by atoms with Crippen molar-refractivity contribution in [2.45, 2.75) is 19.8 Å². The van der Waals surface area contributed by atoms with E-state index in [1.807, 2.05) is 0 Å². The lowest BCUT2D eigenvalue weighted by Gasteiger charge is -2.43. The van der Waals surface area contributed by atoms with Gasteiger partial charge in [0.1, 0.15) is 0 Å². The number of aliphatic hydroxyl groups is 1. The van der Waals surface area contributed by atoms with E-state index in [0.717, 1.165) is 0 Å². The van der Waals surface area contributed by atoms with Crippen molar-refractivity contribution in [2.24, 2.45) is 11.3 Å². The zero-order valence-electron chi connectivity index (χ0n) is 10.6. The lowest BCUT2D eigenvalue weighted by Crippen LogP contribution is -2.50. The van der Waals surface area contributed by atoms with Gasteiger partial charge in [-0.15, -0.1) is 0 Å². The Hall–Kier alpha value is -0.220. The van der Waals surface area contributed by atoms with Gasteiger partial charge in [0.2, 0.25) is 6.43 Å². The number of likely N-dealkylation sites (tertiary alicyclic amines) is 1. The summed E-state index contributed by atoms with van der Waals surface area (Å²) >= 11 is 0. The Bertz CT molecular complexity index is 249. The van der Waals surface area contributed by atoms with Crippen molar-refractivity contribution in [2.75, 3.05) is 26.7 Å². The van der Waals surface area contributed by atoms with Crippen LogP contribution in [0.4, 0.5) is 8.78 Å². The van der Waals surface area contributed by atoms with Gasteiger partial charge in [0.25, 0.3) is 0 Å². The summed E-state index contributed by atoms with van der Waals surface area (Å²) in [4.78, 5) is 1.18. The van der Waals surface area contributed by atoms with Crippen molar-refractivity contribution in [3.8, 4) is 0 Å². The molecule has 1 fully saturated rings. The number of halogens is 2. The van der Waals surface area contributed by atoms with Crippen LogP contribution in [0.5, 0.6) is 0 Å². The topological polar surface area (TPSA) is 23.5 Å². The molecule has 0 aromatic carbocycles. The molecule has 0 bridgehead atoms. The second kappa shape index (κ2) is 3.88. The molecule has 1 rings (SSSR count). The molecule has 0 spiro atoms. The zero-order chi connectivity index (χ0) is 12.6. The predicted octanol–water partition coefficient (Wildman–Crippen LogP) is 1.20. The first-order valence-electron chi connectivity index (χ1n) is 5.85. The average Bonchev–Trinajstić information content (AvgIpc) is 2.15. The molecular formula is C9H17F2NO. The van der Waals surface area contributed by atoms with Crippen LogP contribution in [0.15, 0.2) is 0 Å². The number of nitrogens with zero attached hydrogens (tertiary/aromatic N) is 1. The highest BCUT2D eigenvalue weighted by atomic mass is 19.3. The molecule has 1 aliphatic heterocycles. The fourth-order valence-corrected chi connectivity index (χ4v) is 1.87. The summed E-state index contributed by atoms with van der Waals surface area (Å²) < 4.78 is 47.2. The number of alkyl halides is 2. The van der Waals surface area contributed by atoms with Crippen LogP contribution in [-0.4, -0.2) is 43.1 Å². The molecule has 13 heavy (non-hydrogen) atoms. The maximum Gasteiger partial charge on any atom is 0.242 e. The average molecular weight is 196 g/mol. The number of rotatable bonds is 2. The maximum atomic E-state index is 12.8. The Labute approximate surface area is 81.8 Å². The molecule has 4 heteroatoms. The summed E-state index contributed by atoms with van der Waals surface area (Å²) in [6.07, 6.45) is -2.41. The van der Waals surface area contributed by atoms with Crippen LogP contribution in [0.2, 0.25) is 0 Å². The van der Waals surface area contributed by atoms with E-state index >= 15 is 0 Å². The molecular weight excluding hydrogens is 176 g/mol. The summed E-state index contributed by atoms with van der Waals surface area (Å²) in [5.41, 5.74) is -1.04. The van der Waals surface area contributed by atoms with E-state index in [2.05, 4.69) is 0 Å². The monoisotopic (exact) mass is 196 g/mol. The minimum absolute atomic E-state index is 0.0188. The van der Waals surface area contributed by atoms with Crippen molar-refractivity contribution < 1.29 is 18.0 Å². The van der Waals surface area contributed by atoms with Crippen LogP contribution in [0.3, 0.4) is 0 Å². The molecule has 1 saturated heterocycles. The van der Waals surface area contributed by atoms with Gasteiger partial charge in [-0.3, -0.25) is 0 Å². The second-order valence-electron chi connectivity index (χ2n) is 3.96. The Balaban J connectivity index is 2.82. The van der Waals surface area contributed by atoms with E-state index in [4.69, 9.17) is 4.11 Å². The van der Waals surface area contributed by atoms with Crippen molar-refractivity contribution in [1.29, 1.82) is 0 Å². The molecule has 0 radical (unpaired) electrons. The van der Waals surface area contributed by atoms with E-state index in [-0.39, 0.29) is 19.5 Å². The van der Waals surface area contributed by atoms with Crippen LogP contribution in [0.1, 0.15) is 17.5 Å². The maximum absolute atomic E-state index is 12.8. The Morgan fingerprint density at radius 2 is 2.46 bits per heavy atom. The van der Waals surface area contributed by atoms with Crippen molar-refractivity contribution in [3.63, 3.8) is 0 Å². The summed E-state index contributed by atoms with van der Waals surface area (Å²) in [6.45, 7) is -1.07. The van der Waals surface area contributed by atoms with Gasteiger partial charge in [0, 0.05) is 22.0 Å². The minimum Gasteiger partial charge on any atom is -0.396 e. The van der Waals surface area contributed by atoms with Gasteiger partial charge in [-0.2, -0.15) is 0 Å². The molecule has 1 aliphatic rings. The molecule has 0 unspecified atom stereocenters. The third kappa shape index (κ3) is 2.17. The number of aliphatic hydroxyl groups excluding tert-OH is 1. The summed E-state index contributed by atoms with van der Waals surface area (Å²) in [5.74, 6) is -0.934. The third-order valence-corrected chi connectivity index (χ3v) is 2.82. The molecule has 0 aromatic heterocycles. The van der Waals surface area contributed by atoms with E-state index in [0.29, 0.717) is 0 Å². The molecule has 2 nitrogen and oxygen atoms in total. The normalized spacial score (nSPS) is 41.3. The lowest BCUT2D eigenvalue weighted by molar-refractivity contribution is -0.0715. The van der Waals surface area contributed by atoms with E-state index < -0.39 is 31.3 Å². The Morgan fingerprint density at radius 3 is 2.92 bits per heavy atom. The van der Waals surface area contributed by atoms with Crippen molar-refractivity contribution in [1.82, 2.24) is 4.90 Å². The first-order chi connectivity index (χ1) is 7.20. The molecule has 0 amide bonds. The predicted molar refractivity (Wildman–Crippen MR) is 46.8 cm³/mol. The zero-order valence-corrected chi connectivity index (χ0v) is 7.63. The highest BCUT2D eigenvalue weighted by Crippen LogP contribution is 2.38. The molecule has 0 saturated carbocycles. The smallest absolute Gasteiger partial charge is 0.242 e. The van der Waals surface area contributed by atoms with E-state index in [9.17, 15) is 13.9 Å². The van der Waals surface area contributed by atoms with Gasteiger partial charge in [0.15, 0.2) is 0 Å². The van der Waals surface area contributed by atoms with Gasteiger partial charge in [-0.1, -0.05) is 6.92 Å². The van der Waals surface area contributed by atoms with E-state index in [1.54, 1.807) is 0 Å². The van der Waals surface area contributed by atoms with Crippen LogP contribution in [-0.2, 0) is 0 Å². The highest BCUT2D eigenvalue weighted by Gasteiger charge is 2.42. The summed E-state index contributed by atoms with van der Waals surface area (Å²) in [6, 6.07) is 0. The SMILES string of the molecule is [2H]C([2H])([2H])N1CC[C@H](C(F)F)[C@](C)(CO)C1. The van der Waals surface area contributed by atoms with Crippen LogP contribution in [0.25, 0.3) is 0 Å². The second-order valence-corrected chi connectivity index (χ2v) is 3.96. The van der Waals surface area contributed by atoms with Crippen LogP contribution < -0.4 is 0 Å². The minimum atomic E-state index is -2.52. The first-order valence-corrected chi connectivity index (χ1v) is 4.35. The van der Waals surface area contributed by atoms with Gasteiger partial charge in [-0.25, -0.2) is 8.78 Å². The summed E-state index contributed by atoms with van der Waals surface area (Å²) in [5, 5.41) is 9.21. The van der Waals surface area contributed by atoms with Gasteiger partial charge >= 0.3 is 0 Å². The molecule has 1 N–H and O–H groups in total. The first kappa shape index (κ1) is 7.12. The Kier molecular flexibility index (Phi) is 2.13. The Morgan fingerprint density at radius 1 is 1.77 bits per heavy atom. The highest BCUT2D eigenvalue weighted by molar-refractivity contribution is 4.90. The third-order valence-electron chi connectivity index (χ3n) is 2.82. The van der Waals surface area contributed by atoms with Crippen LogP contribution >= 0.6 is 0 Å².